The first-order valence-corrected chi connectivity index (χ1v) is 11.4. The maximum absolute atomic E-state index is 14.7. The maximum atomic E-state index is 14.7. The molecule has 0 atom stereocenters. The number of nitrogens with zero attached hydrogens (tertiary/aromatic N) is 6. The Labute approximate surface area is 206 Å². The molecule has 0 bridgehead atoms. The van der Waals surface area contributed by atoms with E-state index in [1.165, 1.54) is 24.5 Å². The monoisotopic (exact) mass is 492 g/mol. The number of carbonyl (C=O) groups excluding carboxylic acids is 1. The van der Waals surface area contributed by atoms with Crippen LogP contribution in [0.3, 0.4) is 0 Å². The van der Waals surface area contributed by atoms with Crippen molar-refractivity contribution in [1.82, 2.24) is 25.1 Å². The van der Waals surface area contributed by atoms with Gasteiger partial charge in [-0.3, -0.25) is 4.79 Å². The summed E-state index contributed by atoms with van der Waals surface area (Å²) in [6.45, 7) is 8.43. The lowest BCUT2D eigenvalue weighted by Crippen LogP contribution is -2.37. The number of halogens is 1. The topological polar surface area (TPSA) is 131 Å². The first-order valence-electron chi connectivity index (χ1n) is 11.4. The summed E-state index contributed by atoms with van der Waals surface area (Å²) in [5.41, 5.74) is 0.958. The number of carbonyl (C=O) groups is 1. The van der Waals surface area contributed by atoms with Gasteiger partial charge in [0.25, 0.3) is 5.91 Å². The van der Waals surface area contributed by atoms with Gasteiger partial charge in [0.05, 0.1) is 25.1 Å². The number of amides is 1. The van der Waals surface area contributed by atoms with Gasteiger partial charge in [-0.2, -0.15) is 0 Å². The highest BCUT2D eigenvalue weighted by Crippen LogP contribution is 2.27. The molecule has 0 aliphatic carbocycles. The first kappa shape index (κ1) is 23.5. The van der Waals surface area contributed by atoms with Crippen molar-refractivity contribution in [2.45, 2.75) is 26.2 Å². The van der Waals surface area contributed by atoms with E-state index in [2.05, 4.69) is 35.7 Å². The smallest absolute Gasteiger partial charge is 0.256 e. The van der Waals surface area contributed by atoms with Crippen molar-refractivity contribution in [3.05, 3.63) is 53.9 Å². The van der Waals surface area contributed by atoms with E-state index < -0.39 is 11.7 Å². The lowest BCUT2D eigenvalue weighted by atomic mass is 9.93. The van der Waals surface area contributed by atoms with Crippen molar-refractivity contribution >= 4 is 40.2 Å². The van der Waals surface area contributed by atoms with Crippen LogP contribution in [0.5, 0.6) is 0 Å². The maximum Gasteiger partial charge on any atom is 0.256 e. The number of hydrogen-bond acceptors (Lipinski definition) is 10. The summed E-state index contributed by atoms with van der Waals surface area (Å²) in [5.74, 6) is 0.693. The molecular weight excluding hydrogens is 467 g/mol. The number of rotatable bonds is 5. The summed E-state index contributed by atoms with van der Waals surface area (Å²) in [5, 5.41) is 9.53. The van der Waals surface area contributed by atoms with Crippen LogP contribution in [0, 0.1) is 5.82 Å². The Bertz CT molecular complexity index is 1410. The minimum absolute atomic E-state index is 0.0599. The Morgan fingerprint density at radius 1 is 1.11 bits per heavy atom. The molecule has 36 heavy (non-hydrogen) atoms. The van der Waals surface area contributed by atoms with Crippen molar-refractivity contribution in [2.24, 2.45) is 0 Å². The highest BCUT2D eigenvalue weighted by Gasteiger charge is 2.21. The number of ether oxygens (including phenoxy) is 1. The zero-order chi connectivity index (χ0) is 25.3. The van der Waals surface area contributed by atoms with Gasteiger partial charge in [0.2, 0.25) is 5.95 Å². The lowest BCUT2D eigenvalue weighted by molar-refractivity contribution is 0.102. The van der Waals surface area contributed by atoms with Crippen LogP contribution < -0.4 is 15.5 Å². The predicted octanol–water partition coefficient (Wildman–Crippen LogP) is 3.68. The number of nitrogens with one attached hydrogen (secondary N) is 2. The van der Waals surface area contributed by atoms with Crippen LogP contribution >= 0.6 is 0 Å². The van der Waals surface area contributed by atoms with Crippen LogP contribution in [0.2, 0.25) is 0 Å². The molecular formula is C24H25FN8O3. The van der Waals surface area contributed by atoms with Gasteiger partial charge in [-0.15, -0.1) is 0 Å². The van der Waals surface area contributed by atoms with E-state index in [-0.39, 0.29) is 22.5 Å². The van der Waals surface area contributed by atoms with E-state index in [4.69, 9.17) is 9.26 Å². The predicted molar refractivity (Wildman–Crippen MR) is 131 cm³/mol. The van der Waals surface area contributed by atoms with Crippen molar-refractivity contribution in [1.29, 1.82) is 0 Å². The molecule has 5 rings (SSSR count). The van der Waals surface area contributed by atoms with Crippen LogP contribution in [0.15, 0.2) is 41.3 Å². The van der Waals surface area contributed by atoms with Gasteiger partial charge in [0.1, 0.15) is 28.9 Å². The second kappa shape index (κ2) is 9.46. The SMILES string of the molecule is CC(C)(C)c1cc(NC(=O)c2ccc(F)c(Nc3ncnc4cnc(N5CCOCC5)nc34)c2)no1. The van der Waals surface area contributed by atoms with Gasteiger partial charge in [-0.25, -0.2) is 24.3 Å². The van der Waals surface area contributed by atoms with Crippen LogP contribution in [0.4, 0.5) is 27.7 Å². The zero-order valence-electron chi connectivity index (χ0n) is 20.1. The number of morpholine rings is 1. The highest BCUT2D eigenvalue weighted by atomic mass is 19.1. The average Bonchev–Trinajstić information content (AvgIpc) is 3.35. The van der Waals surface area contributed by atoms with E-state index >= 15 is 0 Å². The number of fused-ring (bicyclic) bond motifs is 1. The molecule has 186 valence electrons. The van der Waals surface area contributed by atoms with Gasteiger partial charge in [0, 0.05) is 30.1 Å². The minimum atomic E-state index is -0.558. The average molecular weight is 493 g/mol. The normalized spacial score (nSPS) is 14.2. The van der Waals surface area contributed by atoms with E-state index in [0.717, 1.165) is 0 Å². The molecule has 1 aliphatic heterocycles. The van der Waals surface area contributed by atoms with Crippen molar-refractivity contribution < 1.29 is 18.4 Å². The molecule has 4 aromatic rings. The van der Waals surface area contributed by atoms with Gasteiger partial charge < -0.3 is 24.8 Å². The van der Waals surface area contributed by atoms with Crippen LogP contribution in [-0.2, 0) is 10.2 Å². The molecule has 1 amide bonds. The Balaban J connectivity index is 1.40. The van der Waals surface area contributed by atoms with Crippen LogP contribution in [0.1, 0.15) is 36.9 Å². The molecule has 4 heterocycles. The summed E-state index contributed by atoms with van der Waals surface area (Å²) < 4.78 is 25.4. The van der Waals surface area contributed by atoms with E-state index in [9.17, 15) is 9.18 Å². The van der Waals surface area contributed by atoms with Gasteiger partial charge in [-0.05, 0) is 18.2 Å². The Morgan fingerprint density at radius 2 is 1.92 bits per heavy atom. The third-order valence-electron chi connectivity index (χ3n) is 5.63. The summed E-state index contributed by atoms with van der Waals surface area (Å²) in [4.78, 5) is 32.3. The number of hydrogen-bond donors (Lipinski definition) is 2. The van der Waals surface area contributed by atoms with E-state index in [0.29, 0.717) is 54.9 Å². The summed E-state index contributed by atoms with van der Waals surface area (Å²) in [6, 6.07) is 5.66. The molecule has 1 saturated heterocycles. The molecule has 0 unspecified atom stereocenters. The molecule has 1 aliphatic rings. The van der Waals surface area contributed by atoms with Crippen molar-refractivity contribution in [3.8, 4) is 0 Å². The molecule has 1 fully saturated rings. The number of benzene rings is 1. The van der Waals surface area contributed by atoms with Crippen molar-refractivity contribution in [3.63, 3.8) is 0 Å². The number of anilines is 4. The molecule has 3 aromatic heterocycles. The lowest BCUT2D eigenvalue weighted by Gasteiger charge is -2.26. The molecule has 0 saturated carbocycles. The first-order chi connectivity index (χ1) is 17.3. The Kier molecular flexibility index (Phi) is 6.18. The standard InChI is InChI=1S/C24H25FN8O3/c1-24(2,3)18-11-19(32-36-18)30-22(34)14-4-5-15(25)16(10-14)29-21-20-17(27-13-28-21)12-26-23(31-20)33-6-8-35-9-7-33/h4-5,10-13H,6-9H2,1-3H3,(H,27,28,29)(H,30,32,34). The highest BCUT2D eigenvalue weighted by molar-refractivity contribution is 6.04. The molecule has 1 aromatic carbocycles. The van der Waals surface area contributed by atoms with E-state index in [1.807, 2.05) is 25.7 Å². The summed E-state index contributed by atoms with van der Waals surface area (Å²) >= 11 is 0. The molecule has 11 nitrogen and oxygen atoms in total. The van der Waals surface area contributed by atoms with Crippen LogP contribution in [0.25, 0.3) is 11.0 Å². The Morgan fingerprint density at radius 3 is 2.67 bits per heavy atom. The van der Waals surface area contributed by atoms with E-state index in [1.54, 1.807) is 12.3 Å². The van der Waals surface area contributed by atoms with Gasteiger partial charge >= 0.3 is 0 Å². The molecule has 2 N–H and O–H groups in total. The summed E-state index contributed by atoms with van der Waals surface area (Å²) in [6.07, 6.45) is 2.94. The fourth-order valence-electron chi connectivity index (χ4n) is 3.62. The third-order valence-corrected chi connectivity index (χ3v) is 5.63. The quantitative estimate of drug-likeness (QED) is 0.425. The van der Waals surface area contributed by atoms with Gasteiger partial charge in [0.15, 0.2) is 11.6 Å². The van der Waals surface area contributed by atoms with Crippen molar-refractivity contribution in [2.75, 3.05) is 41.8 Å². The fourth-order valence-corrected chi connectivity index (χ4v) is 3.62. The van der Waals surface area contributed by atoms with Gasteiger partial charge in [-0.1, -0.05) is 25.9 Å². The third kappa shape index (κ3) is 4.93. The fraction of sp³-hybridized carbons (Fsp3) is 0.333. The Hall–Kier alpha value is -4.19. The molecule has 0 spiro atoms. The molecule has 12 heteroatoms. The molecule has 0 radical (unpaired) electrons. The number of aromatic nitrogens is 5. The zero-order valence-corrected chi connectivity index (χ0v) is 20.1. The minimum Gasteiger partial charge on any atom is -0.378 e. The second-order valence-electron chi connectivity index (χ2n) is 9.33. The summed E-state index contributed by atoms with van der Waals surface area (Å²) in [7, 11) is 0. The largest absolute Gasteiger partial charge is 0.378 e. The van der Waals surface area contributed by atoms with Crippen LogP contribution in [-0.4, -0.2) is 57.3 Å². The second-order valence-corrected chi connectivity index (χ2v) is 9.33.